The van der Waals surface area contributed by atoms with E-state index in [1.165, 1.54) is 14.2 Å². The molecule has 0 amide bonds. The second kappa shape index (κ2) is 3.95. The van der Waals surface area contributed by atoms with Gasteiger partial charge in [0.05, 0.1) is 14.2 Å². The summed E-state index contributed by atoms with van der Waals surface area (Å²) >= 11 is 0. The minimum atomic E-state index is -1.29. The van der Waals surface area contributed by atoms with Crippen LogP contribution < -0.4 is 15.2 Å². The van der Waals surface area contributed by atoms with Gasteiger partial charge < -0.3 is 25.4 Å². The summed E-state index contributed by atoms with van der Waals surface area (Å²) in [4.78, 5) is 10.7. The Bertz CT molecular complexity index is 402. The van der Waals surface area contributed by atoms with Crippen molar-refractivity contribution in [2.45, 2.75) is 0 Å². The minimum absolute atomic E-state index is 0.111. The minimum Gasteiger partial charge on any atom is -0.505 e. The molecule has 0 atom stereocenters. The number of aromatic hydroxyl groups is 1. The smallest absolute Gasteiger partial charge is 0.339 e. The number of carboxylic acid groups (broad SMARTS) is 1. The zero-order valence-electron chi connectivity index (χ0n) is 8.27. The highest BCUT2D eigenvalue weighted by Gasteiger charge is 2.20. The number of anilines is 1. The number of ether oxygens (including phenoxy) is 2. The van der Waals surface area contributed by atoms with Crippen molar-refractivity contribution < 1.29 is 24.5 Å². The molecule has 6 nitrogen and oxygen atoms in total. The second-order valence-electron chi connectivity index (χ2n) is 2.73. The highest BCUT2D eigenvalue weighted by atomic mass is 16.5. The van der Waals surface area contributed by atoms with E-state index >= 15 is 0 Å². The van der Waals surface area contributed by atoms with Crippen LogP contribution in [0.2, 0.25) is 0 Å². The zero-order chi connectivity index (χ0) is 11.6. The van der Waals surface area contributed by atoms with Crippen molar-refractivity contribution in [3.05, 3.63) is 11.6 Å². The average Bonchev–Trinajstić information content (AvgIpc) is 2.21. The molecular formula is C9H11NO5. The number of carbonyl (C=O) groups is 1. The van der Waals surface area contributed by atoms with Gasteiger partial charge in [-0.25, -0.2) is 4.79 Å². The Morgan fingerprint density at radius 2 is 2.00 bits per heavy atom. The van der Waals surface area contributed by atoms with E-state index in [1.807, 2.05) is 0 Å². The largest absolute Gasteiger partial charge is 0.505 e. The lowest BCUT2D eigenvalue weighted by Gasteiger charge is -2.12. The van der Waals surface area contributed by atoms with E-state index in [0.29, 0.717) is 0 Å². The summed E-state index contributed by atoms with van der Waals surface area (Å²) in [6, 6.07) is 1.15. The van der Waals surface area contributed by atoms with Gasteiger partial charge >= 0.3 is 5.97 Å². The van der Waals surface area contributed by atoms with Crippen LogP contribution in [0.5, 0.6) is 17.2 Å². The van der Waals surface area contributed by atoms with Gasteiger partial charge in [0.15, 0.2) is 17.2 Å². The number of aromatic carboxylic acids is 1. The van der Waals surface area contributed by atoms with Gasteiger partial charge in [-0.3, -0.25) is 0 Å². The molecule has 0 aliphatic rings. The van der Waals surface area contributed by atoms with Crippen LogP contribution in [0.25, 0.3) is 0 Å². The van der Waals surface area contributed by atoms with Gasteiger partial charge in [-0.05, 0) is 0 Å². The van der Waals surface area contributed by atoms with Crippen LogP contribution in [0, 0.1) is 0 Å². The standard InChI is InChI=1S/C9H11NO5/c1-14-5-3-4(9(12)13)7(11)6(10)8(5)15-2/h3,11H,10H2,1-2H3,(H,12,13). The molecule has 1 rings (SSSR count). The maximum absolute atomic E-state index is 10.7. The molecule has 4 N–H and O–H groups in total. The Labute approximate surface area is 85.8 Å². The van der Waals surface area contributed by atoms with Crippen LogP contribution in [0.3, 0.4) is 0 Å². The van der Waals surface area contributed by atoms with Crippen LogP contribution in [0.4, 0.5) is 5.69 Å². The lowest BCUT2D eigenvalue weighted by Crippen LogP contribution is -2.03. The first kappa shape index (κ1) is 11.0. The fraction of sp³-hybridized carbons (Fsp3) is 0.222. The highest BCUT2D eigenvalue weighted by molar-refractivity contribution is 5.95. The molecule has 0 heterocycles. The molecule has 6 heteroatoms. The Morgan fingerprint density at radius 1 is 1.40 bits per heavy atom. The maximum Gasteiger partial charge on any atom is 0.339 e. The summed E-state index contributed by atoms with van der Waals surface area (Å²) in [5.41, 5.74) is 5.00. The Balaban J connectivity index is 3.49. The van der Waals surface area contributed by atoms with Crippen LogP contribution in [0.15, 0.2) is 6.07 Å². The number of hydrogen-bond acceptors (Lipinski definition) is 5. The molecule has 1 aromatic carbocycles. The van der Waals surface area contributed by atoms with Gasteiger partial charge in [-0.1, -0.05) is 0 Å². The number of nitrogen functional groups attached to an aromatic ring is 1. The van der Waals surface area contributed by atoms with Crippen molar-refractivity contribution in [2.75, 3.05) is 20.0 Å². The summed E-state index contributed by atoms with van der Waals surface area (Å²) in [7, 11) is 2.69. The highest BCUT2D eigenvalue weighted by Crippen LogP contribution is 2.41. The average molecular weight is 213 g/mol. The summed E-state index contributed by atoms with van der Waals surface area (Å²) in [5.74, 6) is -1.55. The third-order valence-corrected chi connectivity index (χ3v) is 1.91. The Hall–Kier alpha value is -2.11. The Kier molecular flexibility index (Phi) is 2.89. The fourth-order valence-electron chi connectivity index (χ4n) is 1.18. The van der Waals surface area contributed by atoms with E-state index in [1.54, 1.807) is 0 Å². The molecule has 82 valence electrons. The fourth-order valence-corrected chi connectivity index (χ4v) is 1.18. The monoisotopic (exact) mass is 213 g/mol. The topological polar surface area (TPSA) is 102 Å². The normalized spacial score (nSPS) is 9.73. The van der Waals surface area contributed by atoms with Crippen LogP contribution in [-0.4, -0.2) is 30.4 Å². The molecule has 0 radical (unpaired) electrons. The second-order valence-corrected chi connectivity index (χ2v) is 2.73. The van der Waals surface area contributed by atoms with Crippen LogP contribution in [-0.2, 0) is 0 Å². The van der Waals surface area contributed by atoms with Crippen molar-refractivity contribution in [2.24, 2.45) is 0 Å². The van der Waals surface area contributed by atoms with Crippen LogP contribution in [0.1, 0.15) is 10.4 Å². The third kappa shape index (κ3) is 1.74. The van der Waals surface area contributed by atoms with E-state index in [2.05, 4.69) is 0 Å². The van der Waals surface area contributed by atoms with Crippen molar-refractivity contribution >= 4 is 11.7 Å². The van der Waals surface area contributed by atoms with Crippen molar-refractivity contribution in [3.8, 4) is 17.2 Å². The molecule has 0 aliphatic heterocycles. The van der Waals surface area contributed by atoms with E-state index in [0.717, 1.165) is 6.07 Å². The van der Waals surface area contributed by atoms with Crippen LogP contribution >= 0.6 is 0 Å². The number of methoxy groups -OCH3 is 2. The first-order valence-electron chi connectivity index (χ1n) is 3.99. The third-order valence-electron chi connectivity index (χ3n) is 1.91. The van der Waals surface area contributed by atoms with E-state index in [4.69, 9.17) is 20.3 Å². The zero-order valence-corrected chi connectivity index (χ0v) is 8.27. The first-order chi connectivity index (χ1) is 7.02. The number of carboxylic acids is 1. The number of benzene rings is 1. The van der Waals surface area contributed by atoms with Gasteiger partial charge in [0.2, 0.25) is 0 Å². The molecule has 0 aliphatic carbocycles. The molecule has 0 bridgehead atoms. The molecule has 0 saturated heterocycles. The molecule has 15 heavy (non-hydrogen) atoms. The van der Waals surface area contributed by atoms with Crippen molar-refractivity contribution in [3.63, 3.8) is 0 Å². The van der Waals surface area contributed by atoms with Gasteiger partial charge in [0, 0.05) is 6.07 Å². The molecular weight excluding hydrogens is 202 g/mol. The van der Waals surface area contributed by atoms with Gasteiger partial charge in [-0.2, -0.15) is 0 Å². The van der Waals surface area contributed by atoms with Gasteiger partial charge in [-0.15, -0.1) is 0 Å². The predicted octanol–water partition coefficient (Wildman–Crippen LogP) is 0.690. The number of rotatable bonds is 3. The predicted molar refractivity (Wildman–Crippen MR) is 52.6 cm³/mol. The van der Waals surface area contributed by atoms with Crippen molar-refractivity contribution in [1.82, 2.24) is 0 Å². The number of phenols is 1. The SMILES string of the molecule is COc1cc(C(=O)O)c(O)c(N)c1OC. The molecule has 0 unspecified atom stereocenters. The van der Waals surface area contributed by atoms with E-state index < -0.39 is 11.7 Å². The summed E-state index contributed by atoms with van der Waals surface area (Å²) in [6.07, 6.45) is 0. The first-order valence-corrected chi connectivity index (χ1v) is 3.99. The summed E-state index contributed by atoms with van der Waals surface area (Å²) in [6.45, 7) is 0. The molecule has 1 aromatic rings. The van der Waals surface area contributed by atoms with E-state index in [-0.39, 0.29) is 22.7 Å². The molecule has 0 saturated carbocycles. The number of nitrogens with two attached hydrogens (primary N) is 1. The van der Waals surface area contributed by atoms with Gasteiger partial charge in [0.1, 0.15) is 11.3 Å². The maximum atomic E-state index is 10.7. The van der Waals surface area contributed by atoms with Gasteiger partial charge in [0.25, 0.3) is 0 Å². The van der Waals surface area contributed by atoms with Crippen molar-refractivity contribution in [1.29, 1.82) is 0 Å². The van der Waals surface area contributed by atoms with E-state index in [9.17, 15) is 9.90 Å². The molecule has 0 spiro atoms. The summed E-state index contributed by atoms with van der Waals surface area (Å²) in [5, 5.41) is 18.2. The lowest BCUT2D eigenvalue weighted by molar-refractivity contribution is 0.0693. The summed E-state index contributed by atoms with van der Waals surface area (Å²) < 4.78 is 9.76. The molecule has 0 aromatic heterocycles. The Morgan fingerprint density at radius 3 is 2.40 bits per heavy atom. The quantitative estimate of drug-likeness (QED) is 0.504. The lowest BCUT2D eigenvalue weighted by atomic mass is 10.1. The number of hydrogen-bond donors (Lipinski definition) is 3. The molecule has 0 fully saturated rings.